The van der Waals surface area contributed by atoms with Crippen LogP contribution in [-0.4, -0.2) is 30.7 Å². The summed E-state index contributed by atoms with van der Waals surface area (Å²) in [5.74, 6) is 1.88. The first-order valence-electron chi connectivity index (χ1n) is 8.83. The molecular weight excluding hydrogens is 475 g/mol. The van der Waals surface area contributed by atoms with Gasteiger partial charge >= 0.3 is 0 Å². The van der Waals surface area contributed by atoms with Crippen LogP contribution in [0, 0.1) is 0 Å². The summed E-state index contributed by atoms with van der Waals surface area (Å²) in [7, 11) is 0. The first-order valence-corrected chi connectivity index (χ1v) is 9.71. The third-order valence-electron chi connectivity index (χ3n) is 3.95. The number of hydrogen-bond acceptors (Lipinski definition) is 5. The minimum absolute atomic E-state index is 0. The van der Waals surface area contributed by atoms with Crippen molar-refractivity contribution in [3.63, 3.8) is 0 Å². The quantitative estimate of drug-likeness (QED) is 0.372. The Morgan fingerprint density at radius 3 is 2.70 bits per heavy atom. The lowest BCUT2D eigenvalue weighted by molar-refractivity contribution is 0.297. The fraction of sp³-hybridized carbons (Fsp3) is 0.474. The normalized spacial score (nSPS) is 14.3. The molecule has 0 saturated heterocycles. The van der Waals surface area contributed by atoms with Crippen LogP contribution in [-0.2, 0) is 11.8 Å². The van der Waals surface area contributed by atoms with Crippen molar-refractivity contribution in [3.8, 4) is 11.5 Å². The second kappa shape index (κ2) is 9.59. The largest absolute Gasteiger partial charge is 0.490 e. The summed E-state index contributed by atoms with van der Waals surface area (Å²) in [5.41, 5.74) is 8.04. The molecule has 0 aliphatic carbocycles. The number of nitrogens with zero attached hydrogens (tertiary/aromatic N) is 2. The Morgan fingerprint density at radius 1 is 1.26 bits per heavy atom. The summed E-state index contributed by atoms with van der Waals surface area (Å²) >= 11 is 1.68. The number of fused-ring (bicyclic) bond motifs is 1. The topological polar surface area (TPSA) is 81.8 Å². The standard InChI is InChI=1S/C19H26N4O2S.HI/c1-19(2,3)16-12-26-17(23-16)7-8-21-18(20)22-13-5-6-14-15(11-13)25-10-4-9-24-14;/h5-6,11-12H,4,7-10H2,1-3H3,(H3,20,21,22);1H. The van der Waals surface area contributed by atoms with Crippen LogP contribution in [0.5, 0.6) is 11.5 Å². The summed E-state index contributed by atoms with van der Waals surface area (Å²) < 4.78 is 11.3. The monoisotopic (exact) mass is 502 g/mol. The Balaban J connectivity index is 0.00000261. The fourth-order valence-electron chi connectivity index (χ4n) is 2.47. The number of hydrogen-bond donors (Lipinski definition) is 2. The van der Waals surface area contributed by atoms with E-state index in [0.29, 0.717) is 25.7 Å². The molecule has 1 aliphatic heterocycles. The summed E-state index contributed by atoms with van der Waals surface area (Å²) in [6.07, 6.45) is 1.67. The summed E-state index contributed by atoms with van der Waals surface area (Å²) in [6, 6.07) is 5.69. The summed E-state index contributed by atoms with van der Waals surface area (Å²) in [5, 5.41) is 6.31. The minimum Gasteiger partial charge on any atom is -0.490 e. The van der Waals surface area contributed by atoms with E-state index >= 15 is 0 Å². The molecule has 1 aliphatic rings. The van der Waals surface area contributed by atoms with Gasteiger partial charge in [0, 0.05) is 41.9 Å². The first-order chi connectivity index (χ1) is 12.4. The lowest BCUT2D eigenvalue weighted by Crippen LogP contribution is -2.23. The van der Waals surface area contributed by atoms with Crippen LogP contribution >= 0.6 is 35.3 Å². The molecule has 0 radical (unpaired) electrons. The molecule has 0 unspecified atom stereocenters. The molecule has 3 N–H and O–H groups in total. The average Bonchev–Trinajstić information content (AvgIpc) is 2.94. The van der Waals surface area contributed by atoms with E-state index in [1.54, 1.807) is 11.3 Å². The minimum atomic E-state index is 0. The van der Waals surface area contributed by atoms with Crippen molar-refractivity contribution in [3.05, 3.63) is 34.3 Å². The molecular formula is C19H27IN4O2S. The number of aliphatic imine (C=N–C) groups is 1. The van der Waals surface area contributed by atoms with Crippen LogP contribution in [0.25, 0.3) is 0 Å². The van der Waals surface area contributed by atoms with Crippen molar-refractivity contribution < 1.29 is 9.47 Å². The van der Waals surface area contributed by atoms with Gasteiger partial charge in [-0.15, -0.1) is 35.3 Å². The number of anilines is 1. The van der Waals surface area contributed by atoms with Gasteiger partial charge in [-0.05, 0) is 12.1 Å². The third-order valence-corrected chi connectivity index (χ3v) is 4.86. The maximum Gasteiger partial charge on any atom is 0.193 e. The number of nitrogens with one attached hydrogen (secondary N) is 1. The van der Waals surface area contributed by atoms with Crippen molar-refractivity contribution >= 4 is 47.0 Å². The molecule has 8 heteroatoms. The van der Waals surface area contributed by atoms with Gasteiger partial charge in [-0.3, -0.25) is 4.99 Å². The van der Waals surface area contributed by atoms with E-state index in [1.165, 1.54) is 0 Å². The van der Waals surface area contributed by atoms with Gasteiger partial charge in [-0.25, -0.2) is 4.98 Å². The molecule has 6 nitrogen and oxygen atoms in total. The van der Waals surface area contributed by atoms with Crippen molar-refractivity contribution in [2.24, 2.45) is 10.7 Å². The van der Waals surface area contributed by atoms with Crippen molar-refractivity contribution in [1.29, 1.82) is 0 Å². The number of guanidine groups is 1. The van der Waals surface area contributed by atoms with Crippen LogP contribution < -0.4 is 20.5 Å². The maximum absolute atomic E-state index is 6.00. The van der Waals surface area contributed by atoms with Gasteiger partial charge in [0.2, 0.25) is 0 Å². The summed E-state index contributed by atoms with van der Waals surface area (Å²) in [6.45, 7) is 8.44. The molecule has 148 valence electrons. The highest BCUT2D eigenvalue weighted by Crippen LogP contribution is 2.32. The molecule has 1 aromatic carbocycles. The fourth-order valence-corrected chi connectivity index (χ4v) is 3.48. The smallest absolute Gasteiger partial charge is 0.193 e. The molecule has 0 spiro atoms. The van der Waals surface area contributed by atoms with Gasteiger partial charge in [0.15, 0.2) is 17.5 Å². The zero-order valence-corrected chi connectivity index (χ0v) is 19.1. The molecule has 0 bridgehead atoms. The van der Waals surface area contributed by atoms with Gasteiger partial charge in [-0.2, -0.15) is 0 Å². The maximum atomic E-state index is 6.00. The Labute approximate surface area is 181 Å². The van der Waals surface area contributed by atoms with Crippen LogP contribution in [0.1, 0.15) is 37.9 Å². The van der Waals surface area contributed by atoms with E-state index < -0.39 is 0 Å². The van der Waals surface area contributed by atoms with E-state index in [4.69, 9.17) is 15.2 Å². The Bertz CT molecular complexity index is 786. The molecule has 0 atom stereocenters. The lowest BCUT2D eigenvalue weighted by atomic mass is 9.93. The molecule has 1 aromatic heterocycles. The second-order valence-corrected chi connectivity index (χ2v) is 8.17. The number of ether oxygens (including phenoxy) is 2. The van der Waals surface area contributed by atoms with Crippen LogP contribution in [0.2, 0.25) is 0 Å². The molecule has 2 aromatic rings. The van der Waals surface area contributed by atoms with E-state index in [0.717, 1.165) is 40.7 Å². The number of thiazole rings is 1. The number of rotatable bonds is 4. The zero-order valence-electron chi connectivity index (χ0n) is 15.9. The van der Waals surface area contributed by atoms with Crippen LogP contribution in [0.15, 0.2) is 28.6 Å². The zero-order chi connectivity index (χ0) is 18.6. The van der Waals surface area contributed by atoms with Gasteiger partial charge in [0.25, 0.3) is 0 Å². The van der Waals surface area contributed by atoms with Crippen LogP contribution in [0.3, 0.4) is 0 Å². The highest BCUT2D eigenvalue weighted by Gasteiger charge is 2.17. The third kappa shape index (κ3) is 6.24. The SMILES string of the molecule is CC(C)(C)c1csc(CCN=C(N)Nc2ccc3c(c2)OCCCO3)n1.I. The van der Waals surface area contributed by atoms with Gasteiger partial charge in [-0.1, -0.05) is 20.8 Å². The van der Waals surface area contributed by atoms with Gasteiger partial charge in [0.1, 0.15) is 0 Å². The first kappa shape index (κ1) is 21.7. The molecule has 0 amide bonds. The Hall–Kier alpha value is -1.55. The molecule has 2 heterocycles. The number of nitrogens with two attached hydrogens (primary N) is 1. The van der Waals surface area contributed by atoms with Crippen LogP contribution in [0.4, 0.5) is 5.69 Å². The molecule has 0 fully saturated rings. The van der Waals surface area contributed by atoms with Gasteiger partial charge in [0.05, 0.1) is 23.9 Å². The highest BCUT2D eigenvalue weighted by atomic mass is 127. The Morgan fingerprint density at radius 2 is 2.00 bits per heavy atom. The van der Waals surface area contributed by atoms with Crippen molar-refractivity contribution in [2.75, 3.05) is 25.1 Å². The predicted molar refractivity (Wildman–Crippen MR) is 122 cm³/mol. The van der Waals surface area contributed by atoms with E-state index in [1.807, 2.05) is 18.2 Å². The number of benzene rings is 1. The number of halogens is 1. The van der Waals surface area contributed by atoms with E-state index in [9.17, 15) is 0 Å². The van der Waals surface area contributed by atoms with E-state index in [2.05, 4.69) is 41.4 Å². The van der Waals surface area contributed by atoms with Crippen molar-refractivity contribution in [2.45, 2.75) is 39.0 Å². The lowest BCUT2D eigenvalue weighted by Gasteiger charge is -2.14. The molecule has 3 rings (SSSR count). The molecule has 27 heavy (non-hydrogen) atoms. The Kier molecular flexibility index (Phi) is 7.72. The number of aromatic nitrogens is 1. The highest BCUT2D eigenvalue weighted by molar-refractivity contribution is 14.0. The average molecular weight is 502 g/mol. The van der Waals surface area contributed by atoms with Gasteiger partial charge < -0.3 is 20.5 Å². The van der Waals surface area contributed by atoms with E-state index in [-0.39, 0.29) is 29.4 Å². The summed E-state index contributed by atoms with van der Waals surface area (Å²) in [4.78, 5) is 9.07. The predicted octanol–water partition coefficient (Wildman–Crippen LogP) is 4.19. The second-order valence-electron chi connectivity index (χ2n) is 7.23. The van der Waals surface area contributed by atoms with Crippen molar-refractivity contribution in [1.82, 2.24) is 4.98 Å². The molecule has 0 saturated carbocycles.